The second-order valence-corrected chi connectivity index (χ2v) is 9.08. The summed E-state index contributed by atoms with van der Waals surface area (Å²) in [5.74, 6) is -1.36. The SMILES string of the molecule is Cc1ccc(N2C(=O)[C@H]3[C@H](ON(c4ccccc4)[C@H]3c3cccc4ccccc34)C2=O)cc1Cl. The number of para-hydroxylation sites is 1. The first-order valence-corrected chi connectivity index (χ1v) is 11.5. The quantitative estimate of drug-likeness (QED) is 0.354. The lowest BCUT2D eigenvalue weighted by Crippen LogP contribution is -2.37. The molecule has 2 amide bonds. The van der Waals surface area contributed by atoms with Crippen molar-refractivity contribution in [1.29, 1.82) is 0 Å². The molecule has 6 heteroatoms. The van der Waals surface area contributed by atoms with Gasteiger partial charge in [0.1, 0.15) is 5.92 Å². The summed E-state index contributed by atoms with van der Waals surface area (Å²) in [5.41, 5.74) is 3.08. The van der Waals surface area contributed by atoms with Crippen molar-refractivity contribution in [1.82, 2.24) is 0 Å². The molecule has 6 rings (SSSR count). The van der Waals surface area contributed by atoms with Gasteiger partial charge in [0.15, 0.2) is 6.10 Å². The molecule has 34 heavy (non-hydrogen) atoms. The van der Waals surface area contributed by atoms with Crippen LogP contribution in [0.1, 0.15) is 17.2 Å². The fraction of sp³-hybridized carbons (Fsp3) is 0.143. The predicted octanol–water partition coefficient (Wildman–Crippen LogP) is 5.85. The van der Waals surface area contributed by atoms with E-state index >= 15 is 0 Å². The van der Waals surface area contributed by atoms with Gasteiger partial charge in [-0.2, -0.15) is 0 Å². The van der Waals surface area contributed by atoms with E-state index in [1.54, 1.807) is 17.2 Å². The number of carbonyl (C=O) groups excluding carboxylic acids is 2. The van der Waals surface area contributed by atoms with Crippen LogP contribution in [-0.2, 0) is 14.4 Å². The van der Waals surface area contributed by atoms with Crippen molar-refractivity contribution < 1.29 is 14.4 Å². The highest BCUT2D eigenvalue weighted by Crippen LogP contribution is 2.49. The fourth-order valence-electron chi connectivity index (χ4n) is 5.01. The van der Waals surface area contributed by atoms with Gasteiger partial charge >= 0.3 is 0 Å². The van der Waals surface area contributed by atoms with Crippen molar-refractivity contribution >= 4 is 45.6 Å². The van der Waals surface area contributed by atoms with E-state index in [0.717, 1.165) is 27.6 Å². The molecule has 0 aliphatic carbocycles. The Kier molecular flexibility index (Phi) is 4.90. The molecule has 0 radical (unpaired) electrons. The molecule has 4 aromatic rings. The first-order valence-electron chi connectivity index (χ1n) is 11.2. The first-order chi connectivity index (χ1) is 16.5. The third-order valence-electron chi connectivity index (χ3n) is 6.68. The highest BCUT2D eigenvalue weighted by Gasteiger charge is 2.60. The molecule has 2 saturated heterocycles. The van der Waals surface area contributed by atoms with Gasteiger partial charge in [0.2, 0.25) is 5.91 Å². The number of amides is 2. The molecule has 2 fully saturated rings. The zero-order valence-electron chi connectivity index (χ0n) is 18.4. The summed E-state index contributed by atoms with van der Waals surface area (Å²) in [5, 5.41) is 4.33. The first kappa shape index (κ1) is 20.9. The van der Waals surface area contributed by atoms with Crippen LogP contribution in [0.2, 0.25) is 5.02 Å². The number of hydrogen-bond donors (Lipinski definition) is 0. The Bertz CT molecular complexity index is 1430. The molecule has 0 N–H and O–H groups in total. The third kappa shape index (κ3) is 3.12. The van der Waals surface area contributed by atoms with Crippen molar-refractivity contribution in [2.24, 2.45) is 5.92 Å². The molecule has 0 bridgehead atoms. The number of halogens is 1. The van der Waals surface area contributed by atoms with Crippen LogP contribution in [0.4, 0.5) is 11.4 Å². The lowest BCUT2D eigenvalue weighted by molar-refractivity contribution is -0.126. The Hall–Kier alpha value is -3.67. The van der Waals surface area contributed by atoms with Gasteiger partial charge in [0.25, 0.3) is 5.91 Å². The number of nitrogens with zero attached hydrogens (tertiary/aromatic N) is 2. The maximum Gasteiger partial charge on any atom is 0.266 e. The number of imide groups is 1. The van der Waals surface area contributed by atoms with Crippen LogP contribution < -0.4 is 9.96 Å². The number of rotatable bonds is 3. The molecule has 2 aliphatic rings. The smallest absolute Gasteiger partial charge is 0.266 e. The van der Waals surface area contributed by atoms with E-state index in [4.69, 9.17) is 16.4 Å². The second kappa shape index (κ2) is 7.97. The van der Waals surface area contributed by atoms with Crippen molar-refractivity contribution in [3.63, 3.8) is 0 Å². The van der Waals surface area contributed by atoms with Gasteiger partial charge in [0.05, 0.1) is 17.4 Å². The molecule has 0 spiro atoms. The van der Waals surface area contributed by atoms with Crippen LogP contribution in [0.3, 0.4) is 0 Å². The zero-order chi connectivity index (χ0) is 23.4. The van der Waals surface area contributed by atoms with Crippen LogP contribution in [-0.4, -0.2) is 17.9 Å². The van der Waals surface area contributed by atoms with E-state index in [1.165, 1.54) is 4.90 Å². The Labute approximate surface area is 202 Å². The molecular weight excluding hydrogens is 448 g/mol. The van der Waals surface area contributed by atoms with Crippen molar-refractivity contribution in [2.75, 3.05) is 9.96 Å². The van der Waals surface area contributed by atoms with Crippen molar-refractivity contribution in [3.05, 3.63) is 107 Å². The molecule has 5 nitrogen and oxygen atoms in total. The van der Waals surface area contributed by atoms with E-state index in [1.807, 2.05) is 85.8 Å². The van der Waals surface area contributed by atoms with E-state index in [0.29, 0.717) is 10.7 Å². The third-order valence-corrected chi connectivity index (χ3v) is 7.09. The maximum atomic E-state index is 13.8. The molecule has 168 valence electrons. The summed E-state index contributed by atoms with van der Waals surface area (Å²) in [6, 6.07) is 28.4. The van der Waals surface area contributed by atoms with Crippen molar-refractivity contribution in [2.45, 2.75) is 19.1 Å². The summed E-state index contributed by atoms with van der Waals surface area (Å²) in [7, 11) is 0. The number of aryl methyl sites for hydroxylation is 1. The highest BCUT2D eigenvalue weighted by atomic mass is 35.5. The summed E-state index contributed by atoms with van der Waals surface area (Å²) >= 11 is 6.31. The van der Waals surface area contributed by atoms with Gasteiger partial charge in [-0.05, 0) is 53.1 Å². The lowest BCUT2D eigenvalue weighted by Gasteiger charge is -2.29. The molecule has 4 aromatic carbocycles. The van der Waals surface area contributed by atoms with Crippen LogP contribution in [0, 0.1) is 12.8 Å². The Morgan fingerprint density at radius 1 is 0.794 bits per heavy atom. The van der Waals surface area contributed by atoms with Crippen LogP contribution >= 0.6 is 11.6 Å². The second-order valence-electron chi connectivity index (χ2n) is 8.67. The normalized spacial score (nSPS) is 22.0. The maximum absolute atomic E-state index is 13.8. The highest BCUT2D eigenvalue weighted by molar-refractivity contribution is 6.32. The van der Waals surface area contributed by atoms with Gasteiger partial charge in [-0.25, -0.2) is 9.96 Å². The predicted molar refractivity (Wildman–Crippen MR) is 133 cm³/mol. The number of fused-ring (bicyclic) bond motifs is 2. The minimum absolute atomic E-state index is 0.286. The van der Waals surface area contributed by atoms with Crippen molar-refractivity contribution in [3.8, 4) is 0 Å². The van der Waals surface area contributed by atoms with Gasteiger partial charge in [0, 0.05) is 5.02 Å². The minimum atomic E-state index is -0.920. The van der Waals surface area contributed by atoms with Gasteiger partial charge in [-0.3, -0.25) is 14.4 Å². The van der Waals surface area contributed by atoms with Gasteiger partial charge < -0.3 is 0 Å². The largest absolute Gasteiger partial charge is 0.273 e. The Morgan fingerprint density at radius 3 is 2.32 bits per heavy atom. The topological polar surface area (TPSA) is 49.9 Å². The Balaban J connectivity index is 1.50. The molecule has 2 heterocycles. The zero-order valence-corrected chi connectivity index (χ0v) is 19.1. The van der Waals surface area contributed by atoms with E-state index in [-0.39, 0.29) is 11.8 Å². The van der Waals surface area contributed by atoms with Gasteiger partial charge in [-0.15, -0.1) is 0 Å². The summed E-state index contributed by atoms with van der Waals surface area (Å²) in [6.45, 7) is 1.88. The number of hydroxylamine groups is 1. The van der Waals surface area contributed by atoms with Crippen LogP contribution in [0.15, 0.2) is 91.0 Å². The van der Waals surface area contributed by atoms with Gasteiger partial charge in [-0.1, -0.05) is 78.3 Å². The standard InChI is InChI=1S/C28H21ClN2O3/c1-17-14-15-20(16-23(17)29)30-27(32)24-25(22-13-7-9-18-8-5-6-12-21(18)22)31(34-26(24)28(30)33)19-10-3-2-4-11-19/h2-16,24-26H,1H3/t24-,25+,26+/m1/s1. The van der Waals surface area contributed by atoms with Crippen LogP contribution in [0.5, 0.6) is 0 Å². The number of carbonyl (C=O) groups is 2. The minimum Gasteiger partial charge on any atom is -0.273 e. The molecule has 0 unspecified atom stereocenters. The lowest BCUT2D eigenvalue weighted by atomic mass is 9.87. The molecule has 0 aromatic heterocycles. The average molecular weight is 469 g/mol. The number of hydrogen-bond acceptors (Lipinski definition) is 4. The fourth-order valence-corrected chi connectivity index (χ4v) is 5.19. The van der Waals surface area contributed by atoms with E-state index < -0.39 is 18.1 Å². The summed E-state index contributed by atoms with van der Waals surface area (Å²) in [6.07, 6.45) is -0.920. The molecule has 2 aliphatic heterocycles. The summed E-state index contributed by atoms with van der Waals surface area (Å²) < 4.78 is 0. The molecule has 3 atom stereocenters. The Morgan fingerprint density at radius 2 is 1.53 bits per heavy atom. The molecular formula is C28H21ClN2O3. The average Bonchev–Trinajstić information content (AvgIpc) is 3.37. The monoisotopic (exact) mass is 468 g/mol. The molecule has 0 saturated carbocycles. The van der Waals surface area contributed by atoms with Crippen LogP contribution in [0.25, 0.3) is 10.8 Å². The van der Waals surface area contributed by atoms with E-state index in [9.17, 15) is 9.59 Å². The summed E-state index contributed by atoms with van der Waals surface area (Å²) in [4.78, 5) is 34.9. The number of anilines is 2. The van der Waals surface area contributed by atoms with E-state index in [2.05, 4.69) is 0 Å². The number of benzene rings is 4.